The summed E-state index contributed by atoms with van der Waals surface area (Å²) in [4.78, 5) is 21.1. The van der Waals surface area contributed by atoms with Gasteiger partial charge in [0.25, 0.3) is 0 Å². The van der Waals surface area contributed by atoms with Crippen molar-refractivity contribution < 1.29 is 22.7 Å². The standard InChI is InChI=1S/C9H9ClN2O5S/c10-6-1-3-7(4-2-6)18(15,16)5-17-9(14)12-8(11)13/h1-4H,5H2,(H3,11,12,13,14). The van der Waals surface area contributed by atoms with Crippen LogP contribution in [0.4, 0.5) is 9.59 Å². The first-order chi connectivity index (χ1) is 8.31. The number of carbonyl (C=O) groups excluding carboxylic acids is 2. The second-order valence-electron chi connectivity index (χ2n) is 3.11. The Morgan fingerprint density at radius 2 is 1.83 bits per heavy atom. The summed E-state index contributed by atoms with van der Waals surface area (Å²) >= 11 is 5.60. The van der Waals surface area contributed by atoms with Crippen molar-refractivity contribution in [3.05, 3.63) is 29.3 Å². The third kappa shape index (κ3) is 4.22. The van der Waals surface area contributed by atoms with Gasteiger partial charge in [0.1, 0.15) is 0 Å². The van der Waals surface area contributed by atoms with Crippen molar-refractivity contribution >= 4 is 33.6 Å². The van der Waals surface area contributed by atoms with E-state index in [4.69, 9.17) is 11.6 Å². The van der Waals surface area contributed by atoms with Crippen LogP contribution < -0.4 is 11.1 Å². The molecule has 0 heterocycles. The molecule has 0 aliphatic rings. The van der Waals surface area contributed by atoms with E-state index < -0.39 is 27.9 Å². The molecule has 98 valence electrons. The van der Waals surface area contributed by atoms with Crippen molar-refractivity contribution in [3.63, 3.8) is 0 Å². The maximum absolute atomic E-state index is 11.7. The van der Waals surface area contributed by atoms with Gasteiger partial charge in [-0.05, 0) is 24.3 Å². The molecular formula is C9H9ClN2O5S. The Morgan fingerprint density at radius 1 is 1.28 bits per heavy atom. The van der Waals surface area contributed by atoms with Crippen LogP contribution in [0, 0.1) is 0 Å². The summed E-state index contributed by atoms with van der Waals surface area (Å²) in [6.07, 6.45) is -1.24. The summed E-state index contributed by atoms with van der Waals surface area (Å²) in [6.45, 7) is 0. The zero-order valence-corrected chi connectivity index (χ0v) is 10.5. The molecule has 3 N–H and O–H groups in total. The van der Waals surface area contributed by atoms with E-state index in [0.29, 0.717) is 5.02 Å². The Morgan fingerprint density at radius 3 is 2.33 bits per heavy atom. The molecule has 0 radical (unpaired) electrons. The van der Waals surface area contributed by atoms with Crippen molar-refractivity contribution in [1.29, 1.82) is 0 Å². The van der Waals surface area contributed by atoms with Gasteiger partial charge in [-0.2, -0.15) is 0 Å². The van der Waals surface area contributed by atoms with Gasteiger partial charge in [-0.15, -0.1) is 0 Å². The van der Waals surface area contributed by atoms with Gasteiger partial charge < -0.3 is 10.5 Å². The van der Waals surface area contributed by atoms with Crippen molar-refractivity contribution in [2.45, 2.75) is 4.90 Å². The number of halogens is 1. The number of urea groups is 1. The molecule has 0 unspecified atom stereocenters. The predicted octanol–water partition coefficient (Wildman–Crippen LogP) is 0.876. The van der Waals surface area contributed by atoms with Crippen molar-refractivity contribution in [1.82, 2.24) is 5.32 Å². The number of imide groups is 1. The van der Waals surface area contributed by atoms with Gasteiger partial charge in [0.05, 0.1) is 4.90 Å². The second kappa shape index (κ2) is 5.69. The highest BCUT2D eigenvalue weighted by atomic mass is 35.5. The Hall–Kier alpha value is -1.80. The van der Waals surface area contributed by atoms with E-state index in [2.05, 4.69) is 10.5 Å². The SMILES string of the molecule is NC(=O)NC(=O)OCS(=O)(=O)c1ccc(Cl)cc1. The summed E-state index contributed by atoms with van der Waals surface area (Å²) in [5.41, 5.74) is 4.65. The second-order valence-corrected chi connectivity index (χ2v) is 5.48. The number of hydrogen-bond donors (Lipinski definition) is 2. The maximum Gasteiger partial charge on any atom is 0.416 e. The number of primary amides is 1. The molecule has 1 aromatic carbocycles. The number of alkyl carbamates (subject to hydrolysis) is 1. The fourth-order valence-electron chi connectivity index (χ4n) is 0.978. The first-order valence-corrected chi connectivity index (χ1v) is 6.56. The molecule has 0 spiro atoms. The molecule has 7 nitrogen and oxygen atoms in total. The number of nitrogens with two attached hydrogens (primary N) is 1. The average Bonchev–Trinajstić information content (AvgIpc) is 2.26. The summed E-state index contributed by atoms with van der Waals surface area (Å²) in [7, 11) is -3.80. The van der Waals surface area contributed by atoms with Crippen LogP contribution in [0.25, 0.3) is 0 Å². The summed E-state index contributed by atoms with van der Waals surface area (Å²) in [5.74, 6) is -0.909. The molecule has 0 aliphatic carbocycles. The lowest BCUT2D eigenvalue weighted by Crippen LogP contribution is -2.36. The van der Waals surface area contributed by atoms with Crippen LogP contribution in [0.15, 0.2) is 29.2 Å². The molecule has 3 amide bonds. The molecule has 0 saturated heterocycles. The maximum atomic E-state index is 11.7. The molecule has 0 saturated carbocycles. The minimum atomic E-state index is -3.80. The fraction of sp³-hybridized carbons (Fsp3) is 0.111. The van der Waals surface area contributed by atoms with Gasteiger partial charge in [-0.3, -0.25) is 0 Å². The van der Waals surface area contributed by atoms with Gasteiger partial charge in [-0.1, -0.05) is 11.6 Å². The van der Waals surface area contributed by atoms with Crippen LogP contribution in [0.5, 0.6) is 0 Å². The van der Waals surface area contributed by atoms with E-state index in [0.717, 1.165) is 0 Å². The topological polar surface area (TPSA) is 116 Å². The molecule has 0 fully saturated rings. The van der Waals surface area contributed by atoms with Crippen LogP contribution in [0.2, 0.25) is 5.02 Å². The smallest absolute Gasteiger partial charge is 0.416 e. The largest absolute Gasteiger partial charge is 0.432 e. The number of amides is 3. The van der Waals surface area contributed by atoms with E-state index in [-0.39, 0.29) is 4.90 Å². The van der Waals surface area contributed by atoms with E-state index >= 15 is 0 Å². The van der Waals surface area contributed by atoms with Gasteiger partial charge in [0.15, 0.2) is 5.94 Å². The van der Waals surface area contributed by atoms with E-state index in [1.165, 1.54) is 24.3 Å². The van der Waals surface area contributed by atoms with Crippen LogP contribution in [-0.4, -0.2) is 26.5 Å². The molecule has 18 heavy (non-hydrogen) atoms. The first-order valence-electron chi connectivity index (χ1n) is 4.53. The van der Waals surface area contributed by atoms with E-state index in [1.807, 2.05) is 0 Å². The van der Waals surface area contributed by atoms with Crippen LogP contribution in [-0.2, 0) is 14.6 Å². The van der Waals surface area contributed by atoms with Crippen LogP contribution in [0.3, 0.4) is 0 Å². The monoisotopic (exact) mass is 292 g/mol. The molecule has 0 aromatic heterocycles. The molecule has 0 aliphatic heterocycles. The summed E-state index contributed by atoms with van der Waals surface area (Å²) in [6, 6.07) is 4.18. The Bertz CT molecular complexity index is 555. The Labute approximate surface area is 108 Å². The lowest BCUT2D eigenvalue weighted by atomic mass is 10.4. The molecule has 1 aromatic rings. The number of ether oxygens (including phenoxy) is 1. The zero-order chi connectivity index (χ0) is 13.8. The van der Waals surface area contributed by atoms with Crippen molar-refractivity contribution in [2.24, 2.45) is 5.73 Å². The van der Waals surface area contributed by atoms with Crippen LogP contribution in [0.1, 0.15) is 0 Å². The summed E-state index contributed by atoms with van der Waals surface area (Å²) in [5, 5.41) is 1.94. The van der Waals surface area contributed by atoms with Gasteiger partial charge in [0.2, 0.25) is 9.84 Å². The minimum absolute atomic E-state index is 0.0567. The van der Waals surface area contributed by atoms with E-state index in [1.54, 1.807) is 5.32 Å². The van der Waals surface area contributed by atoms with Crippen molar-refractivity contribution in [2.75, 3.05) is 5.94 Å². The number of rotatable bonds is 3. The highest BCUT2D eigenvalue weighted by Crippen LogP contribution is 2.15. The fourth-order valence-corrected chi connectivity index (χ4v) is 2.05. The third-order valence-electron chi connectivity index (χ3n) is 1.74. The Balaban J connectivity index is 2.68. The van der Waals surface area contributed by atoms with Gasteiger partial charge in [0, 0.05) is 5.02 Å². The molecule has 1 rings (SSSR count). The molecule has 0 bridgehead atoms. The third-order valence-corrected chi connectivity index (χ3v) is 3.41. The molecule has 0 atom stereocenters. The quantitative estimate of drug-likeness (QED) is 0.858. The van der Waals surface area contributed by atoms with Crippen LogP contribution >= 0.6 is 11.6 Å². The normalized spacial score (nSPS) is 10.7. The average molecular weight is 293 g/mol. The zero-order valence-electron chi connectivity index (χ0n) is 8.92. The lowest BCUT2D eigenvalue weighted by molar-refractivity contribution is 0.164. The van der Waals surface area contributed by atoms with Gasteiger partial charge in [-0.25, -0.2) is 23.3 Å². The molecule has 9 heteroatoms. The lowest BCUT2D eigenvalue weighted by Gasteiger charge is -2.06. The summed E-state index contributed by atoms with van der Waals surface area (Å²) < 4.78 is 27.7. The van der Waals surface area contributed by atoms with Crippen molar-refractivity contribution in [3.8, 4) is 0 Å². The number of carbonyl (C=O) groups is 2. The predicted molar refractivity (Wildman–Crippen MR) is 62.7 cm³/mol. The first kappa shape index (κ1) is 14.3. The number of sulfone groups is 1. The van der Waals surface area contributed by atoms with Gasteiger partial charge >= 0.3 is 12.1 Å². The highest BCUT2D eigenvalue weighted by Gasteiger charge is 2.17. The molecular weight excluding hydrogens is 284 g/mol. The number of nitrogens with one attached hydrogen (secondary N) is 1. The number of hydrogen-bond acceptors (Lipinski definition) is 5. The number of benzene rings is 1. The minimum Gasteiger partial charge on any atom is -0.432 e. The highest BCUT2D eigenvalue weighted by molar-refractivity contribution is 7.91. The Kier molecular flexibility index (Phi) is 4.51. The van der Waals surface area contributed by atoms with E-state index in [9.17, 15) is 18.0 Å².